The first-order valence-corrected chi connectivity index (χ1v) is 10.1. The van der Waals surface area contributed by atoms with Gasteiger partial charge in [-0.2, -0.15) is 4.39 Å². The summed E-state index contributed by atoms with van der Waals surface area (Å²) in [4.78, 5) is 11.8. The highest BCUT2D eigenvalue weighted by atomic mass is 127. The van der Waals surface area contributed by atoms with E-state index in [2.05, 4.69) is 43.8 Å². The third-order valence-electron chi connectivity index (χ3n) is 3.67. The normalized spacial score (nSPS) is 10.7. The summed E-state index contributed by atoms with van der Waals surface area (Å²) in [5.74, 6) is -3.55. The molecule has 0 radical (unpaired) electrons. The van der Waals surface area contributed by atoms with Gasteiger partial charge in [0.25, 0.3) is 5.91 Å². The summed E-state index contributed by atoms with van der Waals surface area (Å²) in [6, 6.07) is 6.56. The molecule has 8 heteroatoms. The molecule has 0 aliphatic heterocycles. The molecule has 0 bridgehead atoms. The van der Waals surface area contributed by atoms with E-state index in [1.165, 1.54) is 0 Å². The molecule has 2 aromatic carbocycles. The fourth-order valence-electron chi connectivity index (χ4n) is 2.31. The molecular formula is C18H18BrF2IN2O2. The second-order valence-corrected chi connectivity index (χ2v) is 7.66. The Morgan fingerprint density at radius 1 is 1.27 bits per heavy atom. The van der Waals surface area contributed by atoms with Crippen LogP contribution in [0.1, 0.15) is 28.8 Å². The van der Waals surface area contributed by atoms with Crippen molar-refractivity contribution >= 4 is 55.8 Å². The van der Waals surface area contributed by atoms with Gasteiger partial charge in [-0.1, -0.05) is 15.9 Å². The maximum atomic E-state index is 14.6. The summed E-state index contributed by atoms with van der Waals surface area (Å²) in [6.07, 6.45) is 1.50. The number of alkyl halides is 1. The predicted octanol–water partition coefficient (Wildman–Crippen LogP) is 5.27. The Bertz CT molecular complexity index is 818. The van der Waals surface area contributed by atoms with Crippen molar-refractivity contribution in [2.45, 2.75) is 19.8 Å². The average Bonchev–Trinajstić information content (AvgIpc) is 2.59. The lowest BCUT2D eigenvalue weighted by Crippen LogP contribution is -2.16. The number of hydrogen-bond acceptors (Lipinski definition) is 3. The zero-order valence-corrected chi connectivity index (χ0v) is 17.8. The van der Waals surface area contributed by atoms with Gasteiger partial charge in [0, 0.05) is 14.6 Å². The van der Waals surface area contributed by atoms with Crippen LogP contribution in [0, 0.1) is 22.1 Å². The minimum Gasteiger partial charge on any atom is -0.490 e. The molecule has 0 unspecified atom stereocenters. The summed E-state index contributed by atoms with van der Waals surface area (Å²) in [5, 5.41) is 3.57. The van der Waals surface area contributed by atoms with Gasteiger partial charge in [0.05, 0.1) is 17.9 Å². The Labute approximate surface area is 172 Å². The molecule has 0 aliphatic rings. The summed E-state index contributed by atoms with van der Waals surface area (Å²) < 4.78 is 35.3. The van der Waals surface area contributed by atoms with E-state index in [1.807, 2.05) is 19.1 Å². The van der Waals surface area contributed by atoms with Crippen LogP contribution in [0.15, 0.2) is 24.3 Å². The molecule has 26 heavy (non-hydrogen) atoms. The van der Waals surface area contributed by atoms with Gasteiger partial charge in [0.2, 0.25) is 5.82 Å². The second-order valence-electron chi connectivity index (χ2n) is 5.62. The van der Waals surface area contributed by atoms with Crippen LogP contribution in [0.4, 0.5) is 20.2 Å². The Balaban J connectivity index is 2.39. The molecule has 1 amide bonds. The van der Waals surface area contributed by atoms with E-state index < -0.39 is 17.5 Å². The maximum absolute atomic E-state index is 14.6. The minimum atomic E-state index is -1.20. The zero-order chi connectivity index (χ0) is 19.3. The van der Waals surface area contributed by atoms with Gasteiger partial charge in [0.1, 0.15) is 0 Å². The summed E-state index contributed by atoms with van der Waals surface area (Å²) in [7, 11) is 0. The monoisotopic (exact) mass is 538 g/mol. The van der Waals surface area contributed by atoms with Crippen LogP contribution in [0.5, 0.6) is 5.75 Å². The number of anilines is 2. The number of amides is 1. The first-order chi connectivity index (χ1) is 12.3. The lowest BCUT2D eigenvalue weighted by atomic mass is 10.1. The van der Waals surface area contributed by atoms with E-state index >= 15 is 0 Å². The van der Waals surface area contributed by atoms with Crippen LogP contribution in [-0.4, -0.2) is 17.8 Å². The number of halogens is 4. The molecule has 3 N–H and O–H groups in total. The van der Waals surface area contributed by atoms with Crippen LogP contribution in [0.25, 0.3) is 0 Å². The van der Waals surface area contributed by atoms with Gasteiger partial charge in [-0.05, 0) is 72.2 Å². The lowest BCUT2D eigenvalue weighted by molar-refractivity contribution is 0.1000. The number of nitrogens with one attached hydrogen (secondary N) is 1. The highest BCUT2D eigenvalue weighted by molar-refractivity contribution is 14.1. The topological polar surface area (TPSA) is 64.3 Å². The Morgan fingerprint density at radius 3 is 2.62 bits per heavy atom. The highest BCUT2D eigenvalue weighted by Gasteiger charge is 2.23. The van der Waals surface area contributed by atoms with Crippen molar-refractivity contribution in [1.29, 1.82) is 0 Å². The van der Waals surface area contributed by atoms with E-state index in [0.29, 0.717) is 12.1 Å². The summed E-state index contributed by atoms with van der Waals surface area (Å²) >= 11 is 5.43. The molecule has 0 saturated heterocycles. The molecule has 0 saturated carbocycles. The molecule has 2 aromatic rings. The molecule has 0 aromatic heterocycles. The number of ether oxygens (including phenoxy) is 1. The van der Waals surface area contributed by atoms with Gasteiger partial charge >= 0.3 is 0 Å². The summed E-state index contributed by atoms with van der Waals surface area (Å²) in [5.41, 5.74) is 6.27. The molecule has 0 heterocycles. The lowest BCUT2D eigenvalue weighted by Gasteiger charge is -2.16. The van der Waals surface area contributed by atoms with Crippen LogP contribution in [0.3, 0.4) is 0 Å². The Kier molecular flexibility index (Phi) is 7.63. The second kappa shape index (κ2) is 9.50. The molecule has 2 rings (SSSR count). The maximum Gasteiger partial charge on any atom is 0.251 e. The van der Waals surface area contributed by atoms with E-state index in [9.17, 15) is 13.6 Å². The van der Waals surface area contributed by atoms with E-state index in [1.54, 1.807) is 6.07 Å². The Hall–Kier alpha value is -1.42. The van der Waals surface area contributed by atoms with Gasteiger partial charge in [-0.15, -0.1) is 0 Å². The standard InChI is InChI=1S/C18H18BrF2IN2O2/c1-10-8-11(22)4-5-13(10)24-17-12(18(23)25)9-14(15(20)16(17)21)26-7-3-2-6-19/h4-5,8-9,24H,2-3,6-7H2,1H3,(H2,23,25). The van der Waals surface area contributed by atoms with E-state index in [-0.39, 0.29) is 23.6 Å². The minimum absolute atomic E-state index is 0.169. The fraction of sp³-hybridized carbons (Fsp3) is 0.278. The highest BCUT2D eigenvalue weighted by Crippen LogP contribution is 2.33. The number of carbonyl (C=O) groups excluding carboxylic acids is 1. The van der Waals surface area contributed by atoms with Gasteiger partial charge < -0.3 is 15.8 Å². The van der Waals surface area contributed by atoms with Crippen LogP contribution in [0.2, 0.25) is 0 Å². The SMILES string of the molecule is Cc1cc(I)ccc1Nc1c(C(N)=O)cc(OCCCCBr)c(F)c1F. The number of nitrogens with two attached hydrogens (primary N) is 1. The van der Waals surface area contributed by atoms with Gasteiger partial charge in [0.15, 0.2) is 11.6 Å². The number of unbranched alkanes of at least 4 members (excludes halogenated alkanes) is 1. The van der Waals surface area contributed by atoms with Crippen molar-refractivity contribution in [3.8, 4) is 5.75 Å². The molecule has 4 nitrogen and oxygen atoms in total. The first-order valence-electron chi connectivity index (χ1n) is 7.89. The van der Waals surface area contributed by atoms with Crippen LogP contribution < -0.4 is 15.8 Å². The van der Waals surface area contributed by atoms with E-state index in [4.69, 9.17) is 10.5 Å². The van der Waals surface area contributed by atoms with Crippen molar-refractivity contribution < 1.29 is 18.3 Å². The first kappa shape index (κ1) is 20.9. The van der Waals surface area contributed by atoms with Crippen molar-refractivity contribution in [1.82, 2.24) is 0 Å². The summed E-state index contributed by atoms with van der Waals surface area (Å²) in [6.45, 7) is 2.03. The zero-order valence-electron chi connectivity index (χ0n) is 14.0. The number of benzene rings is 2. The Morgan fingerprint density at radius 2 is 2.00 bits per heavy atom. The van der Waals surface area contributed by atoms with Crippen molar-refractivity contribution in [3.05, 3.63) is 50.6 Å². The molecular weight excluding hydrogens is 521 g/mol. The molecule has 0 atom stereocenters. The van der Waals surface area contributed by atoms with Gasteiger partial charge in [-0.3, -0.25) is 4.79 Å². The molecule has 0 aliphatic carbocycles. The quantitative estimate of drug-likeness (QED) is 0.273. The third kappa shape index (κ3) is 5.06. The smallest absolute Gasteiger partial charge is 0.251 e. The van der Waals surface area contributed by atoms with Crippen molar-refractivity contribution in [2.75, 3.05) is 17.3 Å². The number of rotatable bonds is 8. The molecule has 0 spiro atoms. The number of aryl methyl sites for hydroxylation is 1. The van der Waals surface area contributed by atoms with Crippen LogP contribution >= 0.6 is 38.5 Å². The van der Waals surface area contributed by atoms with Crippen molar-refractivity contribution in [3.63, 3.8) is 0 Å². The van der Waals surface area contributed by atoms with Crippen molar-refractivity contribution in [2.24, 2.45) is 5.73 Å². The van der Waals surface area contributed by atoms with E-state index in [0.717, 1.165) is 27.0 Å². The predicted molar refractivity (Wildman–Crippen MR) is 111 cm³/mol. The largest absolute Gasteiger partial charge is 0.490 e. The third-order valence-corrected chi connectivity index (χ3v) is 4.90. The molecule has 0 fully saturated rings. The number of primary amides is 1. The number of hydrogen-bond donors (Lipinski definition) is 2. The average molecular weight is 539 g/mol. The fourth-order valence-corrected chi connectivity index (χ4v) is 3.35. The number of carbonyl (C=O) groups is 1. The van der Waals surface area contributed by atoms with Crippen LogP contribution in [-0.2, 0) is 0 Å². The molecule has 140 valence electrons. The van der Waals surface area contributed by atoms with Gasteiger partial charge in [-0.25, -0.2) is 4.39 Å².